The smallest absolute Gasteiger partial charge is 0.246 e. The van der Waals surface area contributed by atoms with Gasteiger partial charge in [-0.05, 0) is 30.5 Å². The molecule has 0 unspecified atom stereocenters. The Balaban J connectivity index is 1.78. The molecule has 1 amide bonds. The van der Waals surface area contributed by atoms with E-state index in [1.54, 1.807) is 0 Å². The summed E-state index contributed by atoms with van der Waals surface area (Å²) < 4.78 is 0. The van der Waals surface area contributed by atoms with Crippen LogP contribution in [0.4, 0.5) is 5.69 Å². The third kappa shape index (κ3) is 2.02. The molecule has 0 spiro atoms. The lowest BCUT2D eigenvalue weighted by molar-refractivity contribution is -0.119. The number of nitrogens with one attached hydrogen (secondary N) is 1. The molecule has 3 rings (SSSR count). The van der Waals surface area contributed by atoms with Crippen molar-refractivity contribution >= 4 is 17.3 Å². The maximum atomic E-state index is 11.1. The zero-order chi connectivity index (χ0) is 11.7. The van der Waals surface area contributed by atoms with Crippen LogP contribution in [0.2, 0.25) is 0 Å². The first-order chi connectivity index (χ1) is 8.33. The molecule has 0 bridgehead atoms. The minimum absolute atomic E-state index is 0.0244. The summed E-state index contributed by atoms with van der Waals surface area (Å²) in [5.74, 6) is -0.0244. The Labute approximate surface area is 100 Å². The molecule has 0 aromatic heterocycles. The monoisotopic (exact) mass is 229 g/mol. The van der Waals surface area contributed by atoms with Gasteiger partial charge in [0, 0.05) is 18.8 Å². The van der Waals surface area contributed by atoms with Crippen molar-refractivity contribution in [2.24, 2.45) is 5.10 Å². The van der Waals surface area contributed by atoms with E-state index < -0.39 is 0 Å². The number of carbonyl (C=O) groups is 1. The number of hydrogen-bond acceptors (Lipinski definition) is 3. The van der Waals surface area contributed by atoms with Crippen molar-refractivity contribution in [3.63, 3.8) is 0 Å². The molecule has 0 radical (unpaired) electrons. The van der Waals surface area contributed by atoms with Crippen LogP contribution in [-0.4, -0.2) is 24.7 Å². The molecular weight excluding hydrogens is 214 g/mol. The first-order valence-electron chi connectivity index (χ1n) is 6.04. The average Bonchev–Trinajstić information content (AvgIpc) is 3.00. The number of amides is 1. The number of rotatable bonds is 2. The first kappa shape index (κ1) is 10.3. The van der Waals surface area contributed by atoms with Gasteiger partial charge < -0.3 is 4.90 Å². The number of anilines is 1. The first-order valence-corrected chi connectivity index (χ1v) is 6.04. The molecule has 1 N–H and O–H groups in total. The molecule has 0 atom stereocenters. The van der Waals surface area contributed by atoms with Gasteiger partial charge in [-0.15, -0.1) is 0 Å². The Morgan fingerprint density at radius 3 is 2.41 bits per heavy atom. The van der Waals surface area contributed by atoms with Gasteiger partial charge in [0.05, 0.1) is 12.1 Å². The second kappa shape index (κ2) is 4.20. The summed E-state index contributed by atoms with van der Waals surface area (Å²) in [5, 5.41) is 4.02. The summed E-state index contributed by atoms with van der Waals surface area (Å²) in [7, 11) is 0. The van der Waals surface area contributed by atoms with Crippen molar-refractivity contribution in [2.45, 2.75) is 19.3 Å². The quantitative estimate of drug-likeness (QED) is 0.835. The molecule has 1 fully saturated rings. The highest BCUT2D eigenvalue weighted by molar-refractivity contribution is 6.13. The Morgan fingerprint density at radius 1 is 1.12 bits per heavy atom. The summed E-state index contributed by atoms with van der Waals surface area (Å²) >= 11 is 0. The van der Waals surface area contributed by atoms with Crippen LogP contribution in [0.25, 0.3) is 0 Å². The third-order valence-electron chi connectivity index (χ3n) is 3.32. The highest BCUT2D eigenvalue weighted by Gasteiger charge is 2.17. The van der Waals surface area contributed by atoms with Gasteiger partial charge in [0.25, 0.3) is 0 Å². The zero-order valence-electron chi connectivity index (χ0n) is 9.65. The van der Waals surface area contributed by atoms with E-state index in [0.29, 0.717) is 6.42 Å². The molecular formula is C13H15N3O. The molecule has 4 nitrogen and oxygen atoms in total. The molecule has 88 valence electrons. The molecule has 0 aliphatic carbocycles. The fourth-order valence-corrected chi connectivity index (χ4v) is 2.37. The van der Waals surface area contributed by atoms with Gasteiger partial charge in [0.15, 0.2) is 0 Å². The predicted octanol–water partition coefficient (Wildman–Crippen LogP) is 1.51. The molecule has 0 saturated carbocycles. The normalized spacial score (nSPS) is 19.4. The third-order valence-corrected chi connectivity index (χ3v) is 3.32. The van der Waals surface area contributed by atoms with Gasteiger partial charge in [-0.25, -0.2) is 5.43 Å². The van der Waals surface area contributed by atoms with Gasteiger partial charge in [-0.3, -0.25) is 4.79 Å². The van der Waals surface area contributed by atoms with Crippen molar-refractivity contribution in [1.29, 1.82) is 0 Å². The molecule has 1 aromatic carbocycles. The van der Waals surface area contributed by atoms with Gasteiger partial charge >= 0.3 is 0 Å². The molecule has 2 aliphatic rings. The molecule has 1 aromatic rings. The van der Waals surface area contributed by atoms with Crippen LogP contribution in [0.15, 0.2) is 29.4 Å². The maximum Gasteiger partial charge on any atom is 0.246 e. The number of nitrogens with zero attached hydrogens (tertiary/aromatic N) is 2. The van der Waals surface area contributed by atoms with E-state index >= 15 is 0 Å². The second-order valence-electron chi connectivity index (χ2n) is 4.51. The highest BCUT2D eigenvalue weighted by Crippen LogP contribution is 2.21. The fraction of sp³-hybridized carbons (Fsp3) is 0.385. The van der Waals surface area contributed by atoms with E-state index in [4.69, 9.17) is 0 Å². The van der Waals surface area contributed by atoms with E-state index in [2.05, 4.69) is 27.6 Å². The Kier molecular flexibility index (Phi) is 2.55. The average molecular weight is 229 g/mol. The zero-order valence-corrected chi connectivity index (χ0v) is 9.65. The van der Waals surface area contributed by atoms with Crippen molar-refractivity contribution < 1.29 is 4.79 Å². The van der Waals surface area contributed by atoms with Crippen LogP contribution in [-0.2, 0) is 4.79 Å². The predicted molar refractivity (Wildman–Crippen MR) is 67.2 cm³/mol. The van der Waals surface area contributed by atoms with E-state index in [0.717, 1.165) is 24.4 Å². The molecule has 1 saturated heterocycles. The minimum atomic E-state index is -0.0244. The van der Waals surface area contributed by atoms with Gasteiger partial charge in [-0.2, -0.15) is 5.10 Å². The summed E-state index contributed by atoms with van der Waals surface area (Å²) in [6.07, 6.45) is 2.96. The van der Waals surface area contributed by atoms with Crippen molar-refractivity contribution in [1.82, 2.24) is 5.43 Å². The van der Waals surface area contributed by atoms with E-state index in [1.165, 1.54) is 18.5 Å². The maximum absolute atomic E-state index is 11.1. The summed E-state index contributed by atoms with van der Waals surface area (Å²) in [6, 6.07) is 8.33. The second-order valence-corrected chi connectivity index (χ2v) is 4.51. The molecule has 17 heavy (non-hydrogen) atoms. The fourth-order valence-electron chi connectivity index (χ4n) is 2.37. The Bertz CT molecular complexity index is 458. The summed E-state index contributed by atoms with van der Waals surface area (Å²) in [6.45, 7) is 2.31. The summed E-state index contributed by atoms with van der Waals surface area (Å²) in [5.41, 5.74) is 5.61. The topological polar surface area (TPSA) is 44.7 Å². The number of hydrazone groups is 1. The SMILES string of the molecule is O=C1CC(c2ccc(N3CCCC3)cc2)=NN1. The van der Waals surface area contributed by atoms with E-state index in [1.807, 2.05) is 12.1 Å². The van der Waals surface area contributed by atoms with Crippen LogP contribution in [0.3, 0.4) is 0 Å². The lowest BCUT2D eigenvalue weighted by Crippen LogP contribution is -2.17. The number of hydrogen-bond donors (Lipinski definition) is 1. The largest absolute Gasteiger partial charge is 0.372 e. The molecule has 2 aliphatic heterocycles. The highest BCUT2D eigenvalue weighted by atomic mass is 16.2. The lowest BCUT2D eigenvalue weighted by Gasteiger charge is -2.17. The number of benzene rings is 1. The lowest BCUT2D eigenvalue weighted by atomic mass is 10.1. The van der Waals surface area contributed by atoms with Crippen molar-refractivity contribution in [3.8, 4) is 0 Å². The van der Waals surface area contributed by atoms with E-state index in [9.17, 15) is 4.79 Å². The summed E-state index contributed by atoms with van der Waals surface area (Å²) in [4.78, 5) is 13.5. The van der Waals surface area contributed by atoms with Gasteiger partial charge in [-0.1, -0.05) is 12.1 Å². The van der Waals surface area contributed by atoms with Crippen LogP contribution in [0, 0.1) is 0 Å². The number of carbonyl (C=O) groups excluding carboxylic acids is 1. The van der Waals surface area contributed by atoms with Gasteiger partial charge in [0.2, 0.25) is 5.91 Å². The van der Waals surface area contributed by atoms with Crippen LogP contribution < -0.4 is 10.3 Å². The van der Waals surface area contributed by atoms with Crippen LogP contribution in [0.1, 0.15) is 24.8 Å². The Morgan fingerprint density at radius 2 is 1.82 bits per heavy atom. The minimum Gasteiger partial charge on any atom is -0.372 e. The Hall–Kier alpha value is -1.84. The van der Waals surface area contributed by atoms with Crippen LogP contribution in [0.5, 0.6) is 0 Å². The molecule has 2 heterocycles. The van der Waals surface area contributed by atoms with Crippen LogP contribution >= 0.6 is 0 Å². The van der Waals surface area contributed by atoms with Crippen molar-refractivity contribution in [2.75, 3.05) is 18.0 Å². The molecule has 4 heteroatoms. The van der Waals surface area contributed by atoms with E-state index in [-0.39, 0.29) is 5.91 Å². The van der Waals surface area contributed by atoms with Crippen molar-refractivity contribution in [3.05, 3.63) is 29.8 Å². The van der Waals surface area contributed by atoms with Gasteiger partial charge in [0.1, 0.15) is 0 Å². The standard InChI is InChI=1S/C13H15N3O/c17-13-9-12(14-15-13)10-3-5-11(6-4-10)16-7-1-2-8-16/h3-6H,1-2,7-9H2,(H,15,17).